The number of rotatable bonds is 11. The van der Waals surface area contributed by atoms with Crippen molar-refractivity contribution in [1.29, 1.82) is 0 Å². The van der Waals surface area contributed by atoms with Crippen LogP contribution < -0.4 is 0 Å². The first-order valence-electron chi connectivity index (χ1n) is 8.73. The van der Waals surface area contributed by atoms with E-state index in [4.69, 9.17) is 4.43 Å². The SMILES string of the molecule is CCCC/C=C(/CC(F)(F)C(F)(F)C(F)(F)C(F)(F)C(F)(F)C(F)(F)F)O[Si](C)(C)C. The quantitative estimate of drug-likeness (QED) is 0.120. The minimum atomic E-state index is -7.89. The molecule has 0 aliphatic carbocycles. The highest BCUT2D eigenvalue weighted by Gasteiger charge is 2.90. The van der Waals surface area contributed by atoms with E-state index in [1.54, 1.807) is 6.92 Å². The predicted octanol–water partition coefficient (Wildman–Crippen LogP) is 8.04. The van der Waals surface area contributed by atoms with Crippen LogP contribution in [0.15, 0.2) is 11.8 Å². The van der Waals surface area contributed by atoms with Crippen LogP contribution in [-0.2, 0) is 4.43 Å². The smallest absolute Gasteiger partial charge is 0.460 e. The number of unbranched alkanes of at least 4 members (excludes halogenated alkanes) is 2. The third kappa shape index (κ3) is 6.00. The minimum absolute atomic E-state index is 0.0589. The second-order valence-corrected chi connectivity index (χ2v) is 12.1. The maximum atomic E-state index is 14.1. The first-order valence-corrected chi connectivity index (χ1v) is 12.1. The molecule has 0 aromatic heterocycles. The molecule has 0 aromatic rings. The summed E-state index contributed by atoms with van der Waals surface area (Å²) in [5, 5.41) is 0. The minimum Gasteiger partial charge on any atom is -0.547 e. The van der Waals surface area contributed by atoms with Crippen molar-refractivity contribution < 1.29 is 61.5 Å². The lowest BCUT2D eigenvalue weighted by Crippen LogP contribution is -2.70. The Balaban J connectivity index is 6.26. The van der Waals surface area contributed by atoms with Crippen LogP contribution in [0.3, 0.4) is 0 Å². The molecule has 0 saturated carbocycles. The molecule has 0 fully saturated rings. The molecule has 0 spiro atoms. The topological polar surface area (TPSA) is 9.23 Å². The maximum absolute atomic E-state index is 14.1. The van der Waals surface area contributed by atoms with E-state index in [0.29, 0.717) is 12.8 Å². The third-order valence-electron chi connectivity index (χ3n) is 3.76. The summed E-state index contributed by atoms with van der Waals surface area (Å²) in [5.74, 6) is -37.9. The van der Waals surface area contributed by atoms with E-state index in [0.717, 1.165) is 6.08 Å². The van der Waals surface area contributed by atoms with E-state index in [9.17, 15) is 57.1 Å². The highest BCUT2D eigenvalue weighted by atomic mass is 28.4. The molecule has 15 heteroatoms. The molecule has 0 unspecified atom stereocenters. The van der Waals surface area contributed by atoms with Crippen molar-refractivity contribution >= 4 is 8.32 Å². The lowest BCUT2D eigenvalue weighted by atomic mass is 9.92. The normalized spacial score (nSPS) is 16.0. The summed E-state index contributed by atoms with van der Waals surface area (Å²) in [7, 11) is -2.83. The Morgan fingerprint density at radius 1 is 0.710 bits per heavy atom. The van der Waals surface area contributed by atoms with Crippen LogP contribution in [0.4, 0.5) is 57.1 Å². The Bertz CT molecular complexity index is 632. The van der Waals surface area contributed by atoms with E-state index < -0.39 is 56.3 Å². The van der Waals surface area contributed by atoms with Gasteiger partial charge in [-0.1, -0.05) is 13.3 Å². The van der Waals surface area contributed by atoms with Crippen molar-refractivity contribution in [1.82, 2.24) is 0 Å². The van der Waals surface area contributed by atoms with Gasteiger partial charge in [0.2, 0.25) is 8.32 Å². The summed E-state index contributed by atoms with van der Waals surface area (Å²) >= 11 is 0. The molecule has 186 valence electrons. The third-order valence-corrected chi connectivity index (χ3v) is 4.64. The van der Waals surface area contributed by atoms with Gasteiger partial charge in [0.05, 0.1) is 12.2 Å². The molecular weight excluding hydrogens is 483 g/mol. The van der Waals surface area contributed by atoms with Crippen LogP contribution in [-0.4, -0.2) is 44.1 Å². The van der Waals surface area contributed by atoms with Crippen molar-refractivity contribution in [3.8, 4) is 0 Å². The Labute approximate surface area is 170 Å². The predicted molar refractivity (Wildman–Crippen MR) is 87.4 cm³/mol. The summed E-state index contributed by atoms with van der Waals surface area (Å²) in [5.41, 5.74) is 0. The fraction of sp³-hybridized carbons (Fsp3) is 0.875. The largest absolute Gasteiger partial charge is 0.547 e. The number of halogens is 13. The van der Waals surface area contributed by atoms with Gasteiger partial charge >= 0.3 is 35.8 Å². The highest BCUT2D eigenvalue weighted by Crippen LogP contribution is 2.61. The van der Waals surface area contributed by atoms with Gasteiger partial charge in [-0.3, -0.25) is 0 Å². The fourth-order valence-corrected chi connectivity index (χ4v) is 3.08. The molecule has 0 amide bonds. The van der Waals surface area contributed by atoms with Crippen LogP contribution in [0, 0.1) is 0 Å². The van der Waals surface area contributed by atoms with Crippen molar-refractivity contribution in [3.63, 3.8) is 0 Å². The molecule has 1 nitrogen and oxygen atoms in total. The van der Waals surface area contributed by atoms with Crippen molar-refractivity contribution in [2.45, 2.75) is 88.0 Å². The van der Waals surface area contributed by atoms with E-state index in [-0.39, 0.29) is 6.42 Å². The van der Waals surface area contributed by atoms with Gasteiger partial charge in [-0.15, -0.1) is 0 Å². The molecule has 0 bridgehead atoms. The average Bonchev–Trinajstić information content (AvgIpc) is 2.51. The monoisotopic (exact) mass is 504 g/mol. The molecule has 0 aromatic carbocycles. The van der Waals surface area contributed by atoms with Crippen LogP contribution in [0.1, 0.15) is 32.6 Å². The summed E-state index contributed by atoms with van der Waals surface area (Å²) < 4.78 is 177. The van der Waals surface area contributed by atoms with Crippen LogP contribution in [0.2, 0.25) is 19.6 Å². The van der Waals surface area contributed by atoms with Crippen LogP contribution in [0.5, 0.6) is 0 Å². The Hall–Kier alpha value is -1.15. The standard InChI is InChI=1S/C16H21F13OSi/c1-5-6-7-8-10(30-31(2,3)4)9-11(17,18)12(19,20)13(21,22)14(23,24)15(25,26)16(27,28)29/h8H,5-7,9H2,1-4H3/b10-8-. The Kier molecular flexibility index (Phi) is 8.67. The number of hydrogen-bond acceptors (Lipinski definition) is 1. The summed E-state index contributed by atoms with van der Waals surface area (Å²) in [6.45, 7) is 5.79. The van der Waals surface area contributed by atoms with Gasteiger partial charge in [0.25, 0.3) is 0 Å². The fourth-order valence-electron chi connectivity index (χ4n) is 2.14. The average molecular weight is 504 g/mol. The van der Waals surface area contributed by atoms with Gasteiger partial charge < -0.3 is 4.43 Å². The Morgan fingerprint density at radius 2 is 1.13 bits per heavy atom. The lowest BCUT2D eigenvalue weighted by Gasteiger charge is -2.40. The molecular formula is C16H21F13OSi. The molecule has 0 N–H and O–H groups in total. The first kappa shape index (κ1) is 29.8. The van der Waals surface area contributed by atoms with Gasteiger partial charge in [0.15, 0.2) is 0 Å². The summed E-state index contributed by atoms with van der Waals surface area (Å²) in [6.07, 6.45) is -8.27. The van der Waals surface area contributed by atoms with Gasteiger partial charge in [0, 0.05) is 0 Å². The zero-order chi connectivity index (χ0) is 25.3. The van der Waals surface area contributed by atoms with E-state index in [2.05, 4.69) is 0 Å². The van der Waals surface area contributed by atoms with Gasteiger partial charge in [0.1, 0.15) is 0 Å². The van der Waals surface area contributed by atoms with Crippen LogP contribution >= 0.6 is 0 Å². The maximum Gasteiger partial charge on any atom is 0.460 e. The van der Waals surface area contributed by atoms with Crippen molar-refractivity contribution in [2.24, 2.45) is 0 Å². The molecule has 0 atom stereocenters. The van der Waals surface area contributed by atoms with E-state index in [1.807, 2.05) is 0 Å². The number of hydrogen-bond donors (Lipinski definition) is 0. The van der Waals surface area contributed by atoms with Gasteiger partial charge in [-0.25, -0.2) is 0 Å². The molecule has 0 aliphatic heterocycles. The molecule has 0 heterocycles. The number of allylic oxidation sites excluding steroid dienone is 2. The highest BCUT2D eigenvalue weighted by molar-refractivity contribution is 6.70. The molecule has 31 heavy (non-hydrogen) atoms. The van der Waals surface area contributed by atoms with Gasteiger partial charge in [-0.2, -0.15) is 57.1 Å². The second-order valence-electron chi connectivity index (χ2n) is 7.70. The number of alkyl halides is 13. The van der Waals surface area contributed by atoms with Crippen LogP contribution in [0.25, 0.3) is 0 Å². The van der Waals surface area contributed by atoms with E-state index >= 15 is 0 Å². The zero-order valence-corrected chi connectivity index (χ0v) is 17.7. The zero-order valence-electron chi connectivity index (χ0n) is 16.7. The Morgan fingerprint density at radius 3 is 1.48 bits per heavy atom. The summed E-state index contributed by atoms with van der Waals surface area (Å²) in [4.78, 5) is 0. The van der Waals surface area contributed by atoms with E-state index in [1.165, 1.54) is 19.6 Å². The molecule has 0 aliphatic rings. The second kappa shape index (κ2) is 9.00. The molecule has 0 saturated heterocycles. The lowest BCUT2D eigenvalue weighted by molar-refractivity contribution is -0.439. The molecule has 0 radical (unpaired) electrons. The van der Waals surface area contributed by atoms with Gasteiger partial charge in [-0.05, 0) is 38.6 Å². The molecule has 0 rings (SSSR count). The van der Waals surface area contributed by atoms with Crippen molar-refractivity contribution in [3.05, 3.63) is 11.8 Å². The summed E-state index contributed by atoms with van der Waals surface area (Å²) in [6, 6.07) is 0. The van der Waals surface area contributed by atoms with Crippen molar-refractivity contribution in [2.75, 3.05) is 0 Å². The first-order chi connectivity index (χ1) is 13.4.